The van der Waals surface area contributed by atoms with E-state index in [0.717, 1.165) is 55.3 Å². The lowest BCUT2D eigenvalue weighted by Crippen LogP contribution is -2.00. The molecule has 0 aliphatic carbocycles. The lowest BCUT2D eigenvalue weighted by molar-refractivity contribution is 0.669. The van der Waals surface area contributed by atoms with E-state index in [9.17, 15) is 0 Å². The summed E-state index contributed by atoms with van der Waals surface area (Å²) >= 11 is 0. The molecule has 0 saturated heterocycles. The molecule has 0 amide bonds. The van der Waals surface area contributed by atoms with Gasteiger partial charge in [0, 0.05) is 21.9 Å². The Morgan fingerprint density at radius 1 is 0.314 bits per heavy atom. The Bertz CT molecular complexity index is 2910. The van der Waals surface area contributed by atoms with Crippen LogP contribution in [0.5, 0.6) is 0 Å². The Hall–Kier alpha value is -6.91. The number of furan rings is 1. The van der Waals surface area contributed by atoms with E-state index in [2.05, 4.69) is 140 Å². The molecule has 0 saturated carbocycles. The molecule has 4 nitrogen and oxygen atoms in total. The summed E-state index contributed by atoms with van der Waals surface area (Å²) in [6, 6.07) is 61.1. The first-order valence-electron chi connectivity index (χ1n) is 17.1. The largest absolute Gasteiger partial charge is 0.455 e. The van der Waals surface area contributed by atoms with Crippen molar-refractivity contribution < 1.29 is 4.42 Å². The molecule has 0 radical (unpaired) electrons. The van der Waals surface area contributed by atoms with Crippen LogP contribution in [-0.4, -0.2) is 15.0 Å². The minimum atomic E-state index is 0.564. The predicted molar refractivity (Wildman–Crippen MR) is 209 cm³/mol. The molecular weight excluding hydrogens is 623 g/mol. The minimum absolute atomic E-state index is 0.564. The fraction of sp³-hybridized carbons (Fsp3) is 0. The second-order valence-electron chi connectivity index (χ2n) is 12.8. The first-order chi connectivity index (χ1) is 25.3. The third-order valence-electron chi connectivity index (χ3n) is 9.73. The van der Waals surface area contributed by atoms with Gasteiger partial charge in [0.2, 0.25) is 0 Å². The molecule has 8 aromatic carbocycles. The molecule has 0 aliphatic rings. The van der Waals surface area contributed by atoms with Crippen molar-refractivity contribution in [1.82, 2.24) is 15.0 Å². The van der Waals surface area contributed by atoms with Gasteiger partial charge in [-0.2, -0.15) is 0 Å². The second kappa shape index (κ2) is 11.9. The van der Waals surface area contributed by atoms with Gasteiger partial charge in [-0.3, -0.25) is 0 Å². The van der Waals surface area contributed by atoms with E-state index in [1.807, 2.05) is 36.4 Å². The van der Waals surface area contributed by atoms with Crippen molar-refractivity contribution >= 4 is 43.5 Å². The van der Waals surface area contributed by atoms with Crippen LogP contribution in [0.15, 0.2) is 180 Å². The van der Waals surface area contributed by atoms with Crippen molar-refractivity contribution in [3.63, 3.8) is 0 Å². The van der Waals surface area contributed by atoms with Crippen molar-refractivity contribution in [3.8, 4) is 56.4 Å². The monoisotopic (exact) mass is 651 g/mol. The highest BCUT2D eigenvalue weighted by Crippen LogP contribution is 2.38. The van der Waals surface area contributed by atoms with Gasteiger partial charge in [0.15, 0.2) is 17.5 Å². The normalized spacial score (nSPS) is 11.5. The summed E-state index contributed by atoms with van der Waals surface area (Å²) in [6.45, 7) is 0. The lowest BCUT2D eigenvalue weighted by atomic mass is 9.93. The molecule has 0 spiro atoms. The zero-order chi connectivity index (χ0) is 33.7. The fourth-order valence-corrected chi connectivity index (χ4v) is 7.24. The van der Waals surface area contributed by atoms with Crippen LogP contribution in [0.4, 0.5) is 0 Å². The molecule has 10 aromatic rings. The van der Waals surface area contributed by atoms with Gasteiger partial charge in [-0.25, -0.2) is 15.0 Å². The zero-order valence-corrected chi connectivity index (χ0v) is 27.5. The summed E-state index contributed by atoms with van der Waals surface area (Å²) in [5.74, 6) is 1.77. The molecule has 4 heteroatoms. The molecule has 0 fully saturated rings. The number of aromatic nitrogens is 3. The van der Waals surface area contributed by atoms with Gasteiger partial charge in [-0.05, 0) is 68.1 Å². The number of fused-ring (bicyclic) bond motifs is 6. The van der Waals surface area contributed by atoms with Crippen molar-refractivity contribution in [2.45, 2.75) is 0 Å². The van der Waals surface area contributed by atoms with Crippen LogP contribution in [0.1, 0.15) is 0 Å². The molecule has 0 atom stereocenters. The van der Waals surface area contributed by atoms with Gasteiger partial charge in [-0.1, -0.05) is 152 Å². The topological polar surface area (TPSA) is 51.8 Å². The van der Waals surface area contributed by atoms with Gasteiger partial charge in [0.25, 0.3) is 0 Å². The third kappa shape index (κ3) is 5.04. The van der Waals surface area contributed by atoms with Gasteiger partial charge in [0.05, 0.1) is 5.56 Å². The smallest absolute Gasteiger partial charge is 0.167 e. The Morgan fingerprint density at radius 2 is 0.902 bits per heavy atom. The standard InChI is InChI=1S/C47H29N3O/c1-2-12-30(13-3-1)33-15-10-16-35(28-33)46-48-45(49-47(50-46)41-22-11-21-40-39-20-8-9-23-43(39)51-44(40)41)32-26-24-31(25-27-32)42-29-34-14-4-5-17-36(34)37-18-6-7-19-38(37)42/h1-29H. The van der Waals surface area contributed by atoms with Crippen molar-refractivity contribution in [1.29, 1.82) is 0 Å². The van der Waals surface area contributed by atoms with E-state index < -0.39 is 0 Å². The predicted octanol–water partition coefficient (Wildman–Crippen LogP) is 12.4. The molecule has 238 valence electrons. The minimum Gasteiger partial charge on any atom is -0.455 e. The Balaban J connectivity index is 1.14. The number of hydrogen-bond acceptors (Lipinski definition) is 4. The molecule has 51 heavy (non-hydrogen) atoms. The fourth-order valence-electron chi connectivity index (χ4n) is 7.24. The summed E-state index contributed by atoms with van der Waals surface area (Å²) in [5.41, 5.74) is 8.81. The number of hydrogen-bond donors (Lipinski definition) is 0. The first-order valence-corrected chi connectivity index (χ1v) is 17.1. The van der Waals surface area contributed by atoms with Crippen molar-refractivity contribution in [2.75, 3.05) is 0 Å². The van der Waals surface area contributed by atoms with Crippen LogP contribution in [0.2, 0.25) is 0 Å². The molecule has 2 heterocycles. The van der Waals surface area contributed by atoms with Crippen LogP contribution in [0.3, 0.4) is 0 Å². The molecule has 0 bridgehead atoms. The molecule has 2 aromatic heterocycles. The van der Waals surface area contributed by atoms with Crippen molar-refractivity contribution in [2.24, 2.45) is 0 Å². The van der Waals surface area contributed by atoms with Gasteiger partial charge in [-0.15, -0.1) is 0 Å². The summed E-state index contributed by atoms with van der Waals surface area (Å²) in [4.78, 5) is 15.3. The van der Waals surface area contributed by atoms with Gasteiger partial charge >= 0.3 is 0 Å². The van der Waals surface area contributed by atoms with E-state index in [-0.39, 0.29) is 0 Å². The molecule has 0 aliphatic heterocycles. The number of nitrogens with zero attached hydrogens (tertiary/aromatic N) is 3. The summed E-state index contributed by atoms with van der Waals surface area (Å²) in [7, 11) is 0. The van der Waals surface area contributed by atoms with Crippen LogP contribution in [0.25, 0.3) is 99.9 Å². The lowest BCUT2D eigenvalue weighted by Gasteiger charge is -2.12. The average molecular weight is 652 g/mol. The summed E-state index contributed by atoms with van der Waals surface area (Å²) in [5, 5.41) is 7.06. The highest BCUT2D eigenvalue weighted by molar-refractivity contribution is 6.14. The summed E-state index contributed by atoms with van der Waals surface area (Å²) < 4.78 is 6.44. The maximum atomic E-state index is 6.44. The Kier molecular flexibility index (Phi) is 6.78. The van der Waals surface area contributed by atoms with E-state index in [0.29, 0.717) is 17.5 Å². The summed E-state index contributed by atoms with van der Waals surface area (Å²) in [6.07, 6.45) is 0. The molecule has 0 unspecified atom stereocenters. The quantitative estimate of drug-likeness (QED) is 0.174. The van der Waals surface area contributed by atoms with E-state index >= 15 is 0 Å². The van der Waals surface area contributed by atoms with Crippen LogP contribution >= 0.6 is 0 Å². The van der Waals surface area contributed by atoms with Crippen LogP contribution in [0, 0.1) is 0 Å². The van der Waals surface area contributed by atoms with Crippen LogP contribution < -0.4 is 0 Å². The number of benzene rings is 8. The molecule has 0 N–H and O–H groups in total. The van der Waals surface area contributed by atoms with E-state index in [1.165, 1.54) is 27.1 Å². The number of rotatable bonds is 5. The Labute approximate surface area is 294 Å². The maximum absolute atomic E-state index is 6.44. The SMILES string of the molecule is c1ccc(-c2cccc(-c3nc(-c4ccc(-c5cc6ccccc6c6ccccc56)cc4)nc(-c4cccc5c4oc4ccccc45)n3)c2)cc1. The van der Waals surface area contributed by atoms with E-state index in [4.69, 9.17) is 19.4 Å². The highest BCUT2D eigenvalue weighted by atomic mass is 16.3. The molecular formula is C47H29N3O. The zero-order valence-electron chi connectivity index (χ0n) is 27.5. The van der Waals surface area contributed by atoms with Gasteiger partial charge < -0.3 is 4.42 Å². The molecule has 10 rings (SSSR count). The van der Waals surface area contributed by atoms with Crippen molar-refractivity contribution in [3.05, 3.63) is 176 Å². The highest BCUT2D eigenvalue weighted by Gasteiger charge is 2.18. The van der Waals surface area contributed by atoms with Gasteiger partial charge in [0.1, 0.15) is 11.2 Å². The number of para-hydroxylation sites is 2. The van der Waals surface area contributed by atoms with E-state index in [1.54, 1.807) is 0 Å². The second-order valence-corrected chi connectivity index (χ2v) is 12.8. The third-order valence-corrected chi connectivity index (χ3v) is 9.73. The Morgan fingerprint density at radius 3 is 1.75 bits per heavy atom. The first kappa shape index (κ1) is 29.0. The van der Waals surface area contributed by atoms with Crippen LogP contribution in [-0.2, 0) is 0 Å². The average Bonchev–Trinajstić information content (AvgIpc) is 3.60. The maximum Gasteiger partial charge on any atom is 0.167 e.